The Morgan fingerprint density at radius 1 is 1.11 bits per heavy atom. The first kappa shape index (κ1) is 24.3. The first-order chi connectivity index (χ1) is 17.0. The van der Waals surface area contributed by atoms with Gasteiger partial charge >= 0.3 is 0 Å². The van der Waals surface area contributed by atoms with Crippen molar-refractivity contribution in [2.45, 2.75) is 82.6 Å². The third-order valence-corrected chi connectivity index (χ3v) is 8.28. The van der Waals surface area contributed by atoms with Crippen molar-refractivity contribution < 1.29 is 13.9 Å². The molecule has 0 radical (unpaired) electrons. The van der Waals surface area contributed by atoms with Crippen LogP contribution in [-0.2, 0) is 11.3 Å². The van der Waals surface area contributed by atoms with E-state index < -0.39 is 0 Å². The fourth-order valence-electron chi connectivity index (χ4n) is 5.43. The molecule has 0 spiro atoms. The number of Topliss-reactive ketones (excluding diaryl/α,β-unsaturated/α-hetero) is 1. The van der Waals surface area contributed by atoms with Crippen molar-refractivity contribution in [1.82, 2.24) is 19.3 Å². The van der Waals surface area contributed by atoms with Gasteiger partial charge in [0.1, 0.15) is 5.82 Å². The lowest BCUT2D eigenvalue weighted by molar-refractivity contribution is 0.0957. The third kappa shape index (κ3) is 5.09. The van der Waals surface area contributed by atoms with Crippen LogP contribution in [0.15, 0.2) is 35.5 Å². The predicted molar refractivity (Wildman–Crippen MR) is 135 cm³/mol. The number of benzene rings is 1. The average molecular weight is 497 g/mol. The minimum atomic E-state index is -0.303. The highest BCUT2D eigenvalue weighted by atomic mass is 32.2. The molecule has 186 valence electrons. The smallest absolute Gasteiger partial charge is 0.192 e. The highest BCUT2D eigenvalue weighted by Crippen LogP contribution is 2.36. The normalized spacial score (nSPS) is 18.9. The summed E-state index contributed by atoms with van der Waals surface area (Å²) in [4.78, 5) is 13.3. The molecule has 0 amide bonds. The van der Waals surface area contributed by atoms with E-state index >= 15 is 0 Å². The van der Waals surface area contributed by atoms with Gasteiger partial charge in [-0.15, -0.1) is 10.2 Å². The molecule has 2 aromatic heterocycles. The maximum atomic E-state index is 14.6. The minimum absolute atomic E-state index is 0.0762. The summed E-state index contributed by atoms with van der Waals surface area (Å²) in [6.45, 7) is 5.68. The summed E-state index contributed by atoms with van der Waals surface area (Å²) < 4.78 is 24.7. The van der Waals surface area contributed by atoms with E-state index in [-0.39, 0.29) is 29.5 Å². The Balaban J connectivity index is 1.37. The quantitative estimate of drug-likeness (QED) is 0.276. The second-order valence-electron chi connectivity index (χ2n) is 9.69. The average Bonchev–Trinajstić information content (AvgIpc) is 3.60. The van der Waals surface area contributed by atoms with E-state index in [1.54, 1.807) is 12.1 Å². The van der Waals surface area contributed by atoms with Crippen LogP contribution in [0, 0.1) is 19.7 Å². The first-order valence-corrected chi connectivity index (χ1v) is 13.7. The summed E-state index contributed by atoms with van der Waals surface area (Å²) in [5.41, 5.74) is 3.29. The molecular formula is C27H33FN4O2S. The number of aromatic nitrogens is 4. The number of hydrogen-bond acceptors (Lipinski definition) is 5. The topological polar surface area (TPSA) is 61.9 Å². The zero-order valence-electron chi connectivity index (χ0n) is 20.5. The molecule has 8 heteroatoms. The molecule has 0 bridgehead atoms. The highest BCUT2D eigenvalue weighted by molar-refractivity contribution is 7.99. The van der Waals surface area contributed by atoms with E-state index in [1.807, 2.05) is 26.0 Å². The zero-order chi connectivity index (χ0) is 24.4. The Hall–Kier alpha value is -2.45. The number of carbonyl (C=O) groups is 1. The Bertz CT molecular complexity index is 1190. The van der Waals surface area contributed by atoms with Gasteiger partial charge in [0, 0.05) is 36.1 Å². The Morgan fingerprint density at radius 2 is 1.91 bits per heavy atom. The second kappa shape index (κ2) is 10.7. The predicted octanol–water partition coefficient (Wildman–Crippen LogP) is 6.16. The Labute approximate surface area is 210 Å². The molecule has 2 fully saturated rings. The van der Waals surface area contributed by atoms with Gasteiger partial charge in [-0.1, -0.05) is 43.2 Å². The SMILES string of the molecule is Cc1cc(C(=O)CSc2nnc(-c3ccccc3F)n2C2CCCCC2)c(C)n1CC1CCCO1. The summed E-state index contributed by atoms with van der Waals surface area (Å²) in [6.07, 6.45) is 7.93. The standard InChI is InChI=1S/C27H33FN4O2S/c1-18-15-23(19(2)31(18)16-21-11-8-14-34-21)25(33)17-35-27-30-29-26(22-12-6-7-13-24(22)28)32(27)20-9-4-3-5-10-20/h6-7,12-13,15,20-21H,3-5,8-11,14,16-17H2,1-2H3. The van der Waals surface area contributed by atoms with E-state index in [1.165, 1.54) is 24.2 Å². The van der Waals surface area contributed by atoms with Gasteiger partial charge in [-0.3, -0.25) is 9.36 Å². The van der Waals surface area contributed by atoms with Crippen molar-refractivity contribution in [3.8, 4) is 11.4 Å². The van der Waals surface area contributed by atoms with Gasteiger partial charge in [-0.05, 0) is 57.7 Å². The van der Waals surface area contributed by atoms with Gasteiger partial charge in [-0.2, -0.15) is 0 Å². The number of hydrogen-bond donors (Lipinski definition) is 0. The van der Waals surface area contributed by atoms with Crippen molar-refractivity contribution >= 4 is 17.5 Å². The van der Waals surface area contributed by atoms with E-state index in [2.05, 4.69) is 19.3 Å². The molecule has 1 aromatic carbocycles. The van der Waals surface area contributed by atoms with Crippen LogP contribution in [0.3, 0.4) is 0 Å². The van der Waals surface area contributed by atoms with Crippen LogP contribution in [0.5, 0.6) is 0 Å². The number of ether oxygens (including phenoxy) is 1. The number of aryl methyl sites for hydroxylation is 1. The summed E-state index contributed by atoms with van der Waals surface area (Å²) in [7, 11) is 0. The fourth-order valence-corrected chi connectivity index (χ4v) is 6.32. The van der Waals surface area contributed by atoms with Crippen LogP contribution in [-0.4, -0.2) is 43.6 Å². The number of ketones is 1. The molecule has 1 aliphatic carbocycles. The van der Waals surface area contributed by atoms with Crippen molar-refractivity contribution in [1.29, 1.82) is 0 Å². The Kier molecular flexibility index (Phi) is 7.39. The maximum absolute atomic E-state index is 14.6. The molecule has 1 aliphatic heterocycles. The van der Waals surface area contributed by atoms with Gasteiger partial charge in [0.2, 0.25) is 0 Å². The van der Waals surface area contributed by atoms with E-state index in [4.69, 9.17) is 4.74 Å². The molecule has 3 aromatic rings. The van der Waals surface area contributed by atoms with Crippen LogP contribution in [0.1, 0.15) is 72.7 Å². The van der Waals surface area contributed by atoms with E-state index in [0.29, 0.717) is 16.5 Å². The van der Waals surface area contributed by atoms with Crippen LogP contribution < -0.4 is 0 Å². The third-order valence-electron chi connectivity index (χ3n) is 7.34. The summed E-state index contributed by atoms with van der Waals surface area (Å²) in [5, 5.41) is 9.50. The van der Waals surface area contributed by atoms with Crippen LogP contribution >= 0.6 is 11.8 Å². The number of carbonyl (C=O) groups excluding carboxylic acids is 1. The van der Waals surface area contributed by atoms with Crippen molar-refractivity contribution in [2.24, 2.45) is 0 Å². The van der Waals surface area contributed by atoms with Crippen LogP contribution in [0.4, 0.5) is 4.39 Å². The van der Waals surface area contributed by atoms with E-state index in [9.17, 15) is 9.18 Å². The zero-order valence-corrected chi connectivity index (χ0v) is 21.3. The van der Waals surface area contributed by atoms with Gasteiger partial charge in [0.15, 0.2) is 16.8 Å². The molecule has 0 N–H and O–H groups in total. The maximum Gasteiger partial charge on any atom is 0.192 e. The monoisotopic (exact) mass is 496 g/mol. The van der Waals surface area contributed by atoms with Crippen LogP contribution in [0.25, 0.3) is 11.4 Å². The molecule has 35 heavy (non-hydrogen) atoms. The molecule has 2 aliphatic rings. The lowest BCUT2D eigenvalue weighted by Gasteiger charge is -2.25. The molecule has 1 saturated heterocycles. The molecule has 1 unspecified atom stereocenters. The lowest BCUT2D eigenvalue weighted by atomic mass is 9.95. The molecule has 6 nitrogen and oxygen atoms in total. The fraction of sp³-hybridized carbons (Fsp3) is 0.519. The summed E-state index contributed by atoms with van der Waals surface area (Å²) in [6, 6.07) is 8.93. The van der Waals surface area contributed by atoms with Gasteiger partial charge in [-0.25, -0.2) is 4.39 Å². The molecular weight excluding hydrogens is 463 g/mol. The van der Waals surface area contributed by atoms with Crippen molar-refractivity contribution in [2.75, 3.05) is 12.4 Å². The highest BCUT2D eigenvalue weighted by Gasteiger charge is 2.26. The van der Waals surface area contributed by atoms with E-state index in [0.717, 1.165) is 68.6 Å². The largest absolute Gasteiger partial charge is 0.376 e. The number of nitrogens with zero attached hydrogens (tertiary/aromatic N) is 4. The van der Waals surface area contributed by atoms with Gasteiger partial charge in [0.05, 0.1) is 17.4 Å². The molecule has 5 rings (SSSR count). The Morgan fingerprint density at radius 3 is 2.66 bits per heavy atom. The van der Waals surface area contributed by atoms with Gasteiger partial charge < -0.3 is 9.30 Å². The number of rotatable bonds is 8. The van der Waals surface area contributed by atoms with Crippen molar-refractivity contribution in [3.05, 3.63) is 53.1 Å². The van der Waals surface area contributed by atoms with Crippen molar-refractivity contribution in [3.63, 3.8) is 0 Å². The minimum Gasteiger partial charge on any atom is -0.376 e. The van der Waals surface area contributed by atoms with Gasteiger partial charge in [0.25, 0.3) is 0 Å². The number of thioether (sulfide) groups is 1. The second-order valence-corrected chi connectivity index (χ2v) is 10.6. The molecule has 3 heterocycles. The molecule has 1 atom stereocenters. The summed E-state index contributed by atoms with van der Waals surface area (Å²) in [5.74, 6) is 0.599. The summed E-state index contributed by atoms with van der Waals surface area (Å²) >= 11 is 1.41. The first-order valence-electron chi connectivity index (χ1n) is 12.7. The van der Waals surface area contributed by atoms with Crippen LogP contribution in [0.2, 0.25) is 0 Å². The lowest BCUT2D eigenvalue weighted by Crippen LogP contribution is -2.17. The molecule has 1 saturated carbocycles. The number of halogens is 1.